The quantitative estimate of drug-likeness (QED) is 0.786. The van der Waals surface area contributed by atoms with Crippen LogP contribution in [0.2, 0.25) is 0 Å². The molecular formula is C13H27NO2. The van der Waals surface area contributed by atoms with Crippen molar-refractivity contribution in [1.29, 1.82) is 0 Å². The summed E-state index contributed by atoms with van der Waals surface area (Å²) in [5, 5.41) is 2.82. The lowest BCUT2D eigenvalue weighted by Gasteiger charge is -2.39. The van der Waals surface area contributed by atoms with Crippen LogP contribution in [0, 0.1) is 10.8 Å². The second-order valence-electron chi connectivity index (χ2n) is 6.99. The van der Waals surface area contributed by atoms with Crippen LogP contribution in [0.25, 0.3) is 0 Å². The largest absolute Gasteiger partial charge is 0.444 e. The first-order valence-corrected chi connectivity index (χ1v) is 5.82. The van der Waals surface area contributed by atoms with Crippen LogP contribution in [0.1, 0.15) is 55.4 Å². The van der Waals surface area contributed by atoms with Crippen molar-refractivity contribution in [2.45, 2.75) is 61.0 Å². The number of hydrogen-bond acceptors (Lipinski definition) is 2. The lowest BCUT2D eigenvalue weighted by atomic mass is 9.69. The summed E-state index contributed by atoms with van der Waals surface area (Å²) in [5.74, 6) is 0. The van der Waals surface area contributed by atoms with E-state index in [1.54, 1.807) is 0 Å². The second-order valence-corrected chi connectivity index (χ2v) is 6.99. The van der Waals surface area contributed by atoms with Crippen LogP contribution < -0.4 is 5.32 Å². The molecule has 16 heavy (non-hydrogen) atoms. The normalized spacial score (nSPS) is 13.5. The Kier molecular flexibility index (Phi) is 4.43. The van der Waals surface area contributed by atoms with Crippen molar-refractivity contribution in [3.8, 4) is 0 Å². The van der Waals surface area contributed by atoms with Gasteiger partial charge in [-0.1, -0.05) is 34.6 Å². The van der Waals surface area contributed by atoms with E-state index in [0.717, 1.165) is 0 Å². The van der Waals surface area contributed by atoms with Gasteiger partial charge in [0, 0.05) is 6.54 Å². The Labute approximate surface area is 99.9 Å². The molecule has 0 saturated heterocycles. The van der Waals surface area contributed by atoms with Crippen LogP contribution in [-0.2, 0) is 4.74 Å². The van der Waals surface area contributed by atoms with Crippen molar-refractivity contribution in [2.24, 2.45) is 10.8 Å². The molecule has 0 aliphatic heterocycles. The second kappa shape index (κ2) is 4.64. The Morgan fingerprint density at radius 3 is 1.75 bits per heavy atom. The molecule has 96 valence electrons. The highest BCUT2D eigenvalue weighted by Crippen LogP contribution is 2.36. The number of carbonyl (C=O) groups is 1. The molecular weight excluding hydrogens is 202 g/mol. The molecule has 0 heterocycles. The molecule has 0 saturated carbocycles. The third kappa shape index (κ3) is 5.38. The molecule has 1 N–H and O–H groups in total. The van der Waals surface area contributed by atoms with Crippen LogP contribution in [0.3, 0.4) is 0 Å². The maximum absolute atomic E-state index is 11.5. The zero-order valence-electron chi connectivity index (χ0n) is 12.0. The van der Waals surface area contributed by atoms with E-state index in [9.17, 15) is 4.79 Å². The third-order valence-electron chi connectivity index (χ3n) is 3.10. The van der Waals surface area contributed by atoms with Gasteiger partial charge in [0.15, 0.2) is 0 Å². The molecule has 0 spiro atoms. The number of carbonyl (C=O) groups excluding carboxylic acids is 1. The average molecular weight is 229 g/mol. The van der Waals surface area contributed by atoms with Gasteiger partial charge in [-0.25, -0.2) is 4.79 Å². The van der Waals surface area contributed by atoms with Gasteiger partial charge in [0.2, 0.25) is 0 Å². The summed E-state index contributed by atoms with van der Waals surface area (Å²) in [7, 11) is 0. The first kappa shape index (κ1) is 15.3. The molecule has 0 unspecified atom stereocenters. The van der Waals surface area contributed by atoms with E-state index in [1.807, 2.05) is 20.8 Å². The summed E-state index contributed by atoms with van der Waals surface area (Å²) < 4.78 is 5.20. The average Bonchev–Trinajstić information content (AvgIpc) is 1.95. The smallest absolute Gasteiger partial charge is 0.407 e. The summed E-state index contributed by atoms with van der Waals surface area (Å²) in [4.78, 5) is 11.5. The Morgan fingerprint density at radius 1 is 1.00 bits per heavy atom. The van der Waals surface area contributed by atoms with E-state index >= 15 is 0 Å². The molecule has 1 amide bonds. The van der Waals surface area contributed by atoms with Crippen LogP contribution in [0.5, 0.6) is 0 Å². The van der Waals surface area contributed by atoms with Crippen molar-refractivity contribution in [3.63, 3.8) is 0 Å². The minimum atomic E-state index is -0.435. The fourth-order valence-electron chi connectivity index (χ4n) is 0.872. The fourth-order valence-corrected chi connectivity index (χ4v) is 0.872. The van der Waals surface area contributed by atoms with Crippen molar-refractivity contribution >= 4 is 6.09 Å². The van der Waals surface area contributed by atoms with Gasteiger partial charge in [0.05, 0.1) is 0 Å². The molecule has 0 rings (SSSR count). The predicted molar refractivity (Wildman–Crippen MR) is 67.5 cm³/mol. The number of amides is 1. The van der Waals surface area contributed by atoms with E-state index in [-0.39, 0.29) is 16.9 Å². The van der Waals surface area contributed by atoms with Crippen molar-refractivity contribution in [1.82, 2.24) is 5.32 Å². The van der Waals surface area contributed by atoms with Crippen LogP contribution in [0.4, 0.5) is 4.79 Å². The maximum atomic E-state index is 11.5. The highest BCUT2D eigenvalue weighted by Gasteiger charge is 2.33. The Morgan fingerprint density at radius 2 is 1.44 bits per heavy atom. The predicted octanol–water partition coefficient (Wildman–Crippen LogP) is 3.58. The molecule has 0 aromatic rings. The van der Waals surface area contributed by atoms with Gasteiger partial charge in [-0.2, -0.15) is 0 Å². The molecule has 0 radical (unpaired) electrons. The van der Waals surface area contributed by atoms with Crippen LogP contribution >= 0.6 is 0 Å². The number of ether oxygens (including phenoxy) is 1. The lowest BCUT2D eigenvalue weighted by Crippen LogP contribution is -2.43. The van der Waals surface area contributed by atoms with Gasteiger partial charge in [-0.05, 0) is 31.6 Å². The van der Waals surface area contributed by atoms with E-state index < -0.39 is 5.60 Å². The highest BCUT2D eigenvalue weighted by molar-refractivity contribution is 5.67. The van der Waals surface area contributed by atoms with Gasteiger partial charge < -0.3 is 10.1 Å². The van der Waals surface area contributed by atoms with E-state index in [2.05, 4.69) is 39.9 Å². The van der Waals surface area contributed by atoms with Gasteiger partial charge in [-0.15, -0.1) is 0 Å². The number of alkyl carbamates (subject to hydrolysis) is 1. The molecule has 0 bridgehead atoms. The summed E-state index contributed by atoms with van der Waals surface area (Å²) >= 11 is 0. The molecule has 3 heteroatoms. The topological polar surface area (TPSA) is 38.3 Å². The minimum absolute atomic E-state index is 0.0317. The molecule has 0 fully saturated rings. The standard InChI is InChI=1S/C13H27NO2/c1-11(2,3)13(7,8)9-14-10(15)16-12(4,5)6/h9H2,1-8H3,(H,14,15). The molecule has 0 aromatic carbocycles. The molecule has 0 aliphatic rings. The van der Waals surface area contributed by atoms with Crippen molar-refractivity contribution < 1.29 is 9.53 Å². The summed E-state index contributed by atoms with van der Waals surface area (Å²) in [6.07, 6.45) is -0.343. The summed E-state index contributed by atoms with van der Waals surface area (Å²) in [5.41, 5.74) is -0.262. The lowest BCUT2D eigenvalue weighted by molar-refractivity contribution is 0.0459. The van der Waals surface area contributed by atoms with Crippen LogP contribution in [0.15, 0.2) is 0 Å². The minimum Gasteiger partial charge on any atom is -0.444 e. The number of nitrogens with one attached hydrogen (secondary N) is 1. The summed E-state index contributed by atoms with van der Waals surface area (Å²) in [6, 6.07) is 0. The fraction of sp³-hybridized carbons (Fsp3) is 0.923. The van der Waals surface area contributed by atoms with E-state index in [1.165, 1.54) is 0 Å². The zero-order chi connectivity index (χ0) is 13.2. The molecule has 3 nitrogen and oxygen atoms in total. The Hall–Kier alpha value is -0.730. The molecule has 0 aromatic heterocycles. The maximum Gasteiger partial charge on any atom is 0.407 e. The van der Waals surface area contributed by atoms with Crippen molar-refractivity contribution in [3.05, 3.63) is 0 Å². The van der Waals surface area contributed by atoms with Gasteiger partial charge >= 0.3 is 6.09 Å². The molecule has 0 atom stereocenters. The monoisotopic (exact) mass is 229 g/mol. The Bertz CT molecular complexity index is 244. The molecule has 0 aliphatic carbocycles. The highest BCUT2D eigenvalue weighted by atomic mass is 16.6. The van der Waals surface area contributed by atoms with E-state index in [0.29, 0.717) is 6.54 Å². The summed E-state index contributed by atoms with van der Waals surface area (Å²) in [6.45, 7) is 17.0. The van der Waals surface area contributed by atoms with E-state index in [4.69, 9.17) is 4.74 Å². The first-order valence-electron chi connectivity index (χ1n) is 5.82. The van der Waals surface area contributed by atoms with Crippen molar-refractivity contribution in [2.75, 3.05) is 6.54 Å². The Balaban J connectivity index is 4.22. The number of rotatable bonds is 2. The zero-order valence-corrected chi connectivity index (χ0v) is 12.0. The third-order valence-corrected chi connectivity index (χ3v) is 3.10. The van der Waals surface area contributed by atoms with Crippen LogP contribution in [-0.4, -0.2) is 18.2 Å². The number of hydrogen-bond donors (Lipinski definition) is 1. The van der Waals surface area contributed by atoms with Gasteiger partial charge in [0.1, 0.15) is 5.60 Å². The SMILES string of the molecule is CC(C)(C)OC(=O)NCC(C)(C)C(C)(C)C. The van der Waals surface area contributed by atoms with Gasteiger partial charge in [0.25, 0.3) is 0 Å². The first-order chi connectivity index (χ1) is 6.85. The van der Waals surface area contributed by atoms with Gasteiger partial charge in [-0.3, -0.25) is 0 Å².